The summed E-state index contributed by atoms with van der Waals surface area (Å²) in [6.07, 6.45) is 3.53. The van der Waals surface area contributed by atoms with Crippen LogP contribution < -0.4 is 0 Å². The molecule has 1 N–H and O–H groups in total. The molecule has 0 aliphatic heterocycles. The average molecular weight is 245 g/mol. The molecular weight excluding hydrogens is 238 g/mol. The minimum Gasteiger partial charge on any atom is -0.476 e. The normalized spacial score (nSPS) is 10.8. The van der Waals surface area contributed by atoms with Crippen LogP contribution in [0.2, 0.25) is 0 Å². The van der Waals surface area contributed by atoms with Crippen LogP contribution in [0.25, 0.3) is 16.8 Å². The number of fused-ring (bicyclic) bond motifs is 1. The van der Waals surface area contributed by atoms with E-state index >= 15 is 0 Å². The van der Waals surface area contributed by atoms with Crippen LogP contribution in [0.1, 0.15) is 9.80 Å². The fraction of sp³-hybridized carbons (Fsp3) is 0. The molecule has 0 aliphatic carbocycles. The molecule has 0 unspecified atom stereocenters. The first-order chi connectivity index (χ1) is 8.25. The summed E-state index contributed by atoms with van der Waals surface area (Å²) in [5.74, 6) is -1.00. The molecule has 3 aromatic rings. The van der Waals surface area contributed by atoms with Crippen LogP contribution in [-0.4, -0.2) is 25.7 Å². The predicted octanol–water partition coefficient (Wildman–Crippen LogP) is 2.16. The van der Waals surface area contributed by atoms with Crippen molar-refractivity contribution in [2.24, 2.45) is 0 Å². The Labute approximate surface area is 100.0 Å². The summed E-state index contributed by atoms with van der Waals surface area (Å²) in [4.78, 5) is 14.8. The predicted molar refractivity (Wildman–Crippen MR) is 63.3 cm³/mol. The van der Waals surface area contributed by atoms with Gasteiger partial charge in [-0.15, -0.1) is 11.3 Å². The molecule has 0 aromatic carbocycles. The van der Waals surface area contributed by atoms with Gasteiger partial charge in [0.2, 0.25) is 5.01 Å². The van der Waals surface area contributed by atoms with Crippen LogP contribution in [0.5, 0.6) is 0 Å². The first-order valence-corrected chi connectivity index (χ1v) is 5.75. The Morgan fingerprint density at radius 2 is 2.29 bits per heavy atom. The Bertz CT molecular complexity index is 701. The van der Waals surface area contributed by atoms with Crippen molar-refractivity contribution in [3.63, 3.8) is 0 Å². The summed E-state index contributed by atoms with van der Waals surface area (Å²) in [5.41, 5.74) is 2.40. The first-order valence-electron chi connectivity index (χ1n) is 4.87. The summed E-state index contributed by atoms with van der Waals surface area (Å²) in [5, 5.41) is 14.8. The largest absolute Gasteiger partial charge is 0.476 e. The lowest BCUT2D eigenvalue weighted by molar-refractivity contribution is 0.0696. The smallest absolute Gasteiger partial charge is 0.365 e. The lowest BCUT2D eigenvalue weighted by Crippen LogP contribution is -1.94. The minimum absolute atomic E-state index is 0.0929. The number of carbonyl (C=O) groups is 1. The standard InChI is InChI=1S/C11H7N3O2S/c15-11(16)10-13-8(6-17-10)7-5-12-14-4-2-1-3-9(7)14/h1-6H,(H,15,16). The van der Waals surface area contributed by atoms with E-state index in [0.29, 0.717) is 5.69 Å². The topological polar surface area (TPSA) is 67.5 Å². The van der Waals surface area contributed by atoms with Gasteiger partial charge in [-0.2, -0.15) is 5.10 Å². The van der Waals surface area contributed by atoms with Gasteiger partial charge in [-0.3, -0.25) is 0 Å². The number of pyridine rings is 1. The molecule has 0 spiro atoms. The van der Waals surface area contributed by atoms with Crippen molar-refractivity contribution in [3.05, 3.63) is 41.0 Å². The van der Waals surface area contributed by atoms with Gasteiger partial charge >= 0.3 is 5.97 Å². The van der Waals surface area contributed by atoms with E-state index in [0.717, 1.165) is 22.4 Å². The molecule has 0 aliphatic rings. The van der Waals surface area contributed by atoms with Gasteiger partial charge in [-0.05, 0) is 12.1 Å². The number of nitrogens with zero attached hydrogens (tertiary/aromatic N) is 3. The van der Waals surface area contributed by atoms with Gasteiger partial charge in [0.15, 0.2) is 0 Å². The molecule has 0 amide bonds. The van der Waals surface area contributed by atoms with E-state index in [1.807, 2.05) is 24.4 Å². The summed E-state index contributed by atoms with van der Waals surface area (Å²) in [7, 11) is 0. The van der Waals surface area contributed by atoms with Crippen molar-refractivity contribution in [1.82, 2.24) is 14.6 Å². The van der Waals surface area contributed by atoms with Crippen LogP contribution in [0.3, 0.4) is 0 Å². The quantitative estimate of drug-likeness (QED) is 0.751. The van der Waals surface area contributed by atoms with Gasteiger partial charge in [-0.25, -0.2) is 14.3 Å². The molecule has 0 radical (unpaired) electrons. The maximum atomic E-state index is 10.8. The van der Waals surface area contributed by atoms with E-state index < -0.39 is 5.97 Å². The molecule has 0 atom stereocenters. The molecule has 17 heavy (non-hydrogen) atoms. The van der Waals surface area contributed by atoms with Crippen LogP contribution in [0, 0.1) is 0 Å². The molecular formula is C11H7N3O2S. The molecule has 6 heteroatoms. The fourth-order valence-corrected chi connectivity index (χ4v) is 2.28. The third kappa shape index (κ3) is 1.58. The number of rotatable bonds is 2. The van der Waals surface area contributed by atoms with E-state index in [1.165, 1.54) is 0 Å². The van der Waals surface area contributed by atoms with Gasteiger partial charge in [-0.1, -0.05) is 6.07 Å². The minimum atomic E-state index is -1.00. The van der Waals surface area contributed by atoms with Gasteiger partial charge in [0.1, 0.15) is 0 Å². The number of thiazole rings is 1. The second-order valence-corrected chi connectivity index (χ2v) is 4.29. The summed E-state index contributed by atoms with van der Waals surface area (Å²) in [6, 6.07) is 5.71. The maximum absolute atomic E-state index is 10.8. The molecule has 3 aromatic heterocycles. The SMILES string of the molecule is O=C(O)c1nc(-c2cnn3ccccc23)cs1. The van der Waals surface area contributed by atoms with E-state index in [2.05, 4.69) is 10.1 Å². The average Bonchev–Trinajstić information content (AvgIpc) is 2.95. The van der Waals surface area contributed by atoms with E-state index in [4.69, 9.17) is 5.11 Å². The summed E-state index contributed by atoms with van der Waals surface area (Å²) < 4.78 is 1.73. The van der Waals surface area contributed by atoms with E-state index in [9.17, 15) is 4.79 Å². The Hall–Kier alpha value is -2.21. The summed E-state index contributed by atoms with van der Waals surface area (Å²) in [6.45, 7) is 0. The highest BCUT2D eigenvalue weighted by atomic mass is 32.1. The van der Waals surface area contributed by atoms with Crippen molar-refractivity contribution in [2.45, 2.75) is 0 Å². The van der Waals surface area contributed by atoms with Gasteiger partial charge < -0.3 is 5.11 Å². The third-order valence-corrected chi connectivity index (χ3v) is 3.22. The number of hydrogen-bond donors (Lipinski definition) is 1. The number of hydrogen-bond acceptors (Lipinski definition) is 4. The zero-order valence-corrected chi connectivity index (χ0v) is 9.39. The number of carboxylic acids is 1. The number of aromatic nitrogens is 3. The Kier molecular flexibility index (Phi) is 2.15. The molecule has 0 saturated carbocycles. The van der Waals surface area contributed by atoms with Crippen molar-refractivity contribution < 1.29 is 9.90 Å². The lowest BCUT2D eigenvalue weighted by atomic mass is 10.2. The Morgan fingerprint density at radius 3 is 3.06 bits per heavy atom. The molecule has 84 valence electrons. The Balaban J connectivity index is 2.17. The maximum Gasteiger partial charge on any atom is 0.365 e. The summed E-state index contributed by atoms with van der Waals surface area (Å²) >= 11 is 1.12. The highest BCUT2D eigenvalue weighted by Gasteiger charge is 2.13. The number of aromatic carboxylic acids is 1. The van der Waals surface area contributed by atoms with Gasteiger partial charge in [0.05, 0.1) is 17.4 Å². The highest BCUT2D eigenvalue weighted by Crippen LogP contribution is 2.25. The second kappa shape index (κ2) is 3.67. The molecule has 0 saturated heterocycles. The molecule has 3 rings (SSSR count). The van der Waals surface area contributed by atoms with Crippen LogP contribution >= 0.6 is 11.3 Å². The zero-order valence-electron chi connectivity index (χ0n) is 8.57. The lowest BCUT2D eigenvalue weighted by Gasteiger charge is -1.93. The van der Waals surface area contributed by atoms with Crippen molar-refractivity contribution in [3.8, 4) is 11.3 Å². The van der Waals surface area contributed by atoms with Crippen molar-refractivity contribution in [2.75, 3.05) is 0 Å². The van der Waals surface area contributed by atoms with E-state index in [1.54, 1.807) is 16.1 Å². The van der Waals surface area contributed by atoms with Crippen LogP contribution in [-0.2, 0) is 0 Å². The van der Waals surface area contributed by atoms with Gasteiger partial charge in [0, 0.05) is 17.1 Å². The van der Waals surface area contributed by atoms with E-state index in [-0.39, 0.29) is 5.01 Å². The zero-order chi connectivity index (χ0) is 11.8. The van der Waals surface area contributed by atoms with Crippen molar-refractivity contribution in [1.29, 1.82) is 0 Å². The van der Waals surface area contributed by atoms with Crippen LogP contribution in [0.4, 0.5) is 0 Å². The Morgan fingerprint density at radius 1 is 1.41 bits per heavy atom. The molecule has 3 heterocycles. The van der Waals surface area contributed by atoms with Gasteiger partial charge in [0.25, 0.3) is 0 Å². The second-order valence-electron chi connectivity index (χ2n) is 3.43. The van der Waals surface area contributed by atoms with Crippen molar-refractivity contribution >= 4 is 22.8 Å². The highest BCUT2D eigenvalue weighted by molar-refractivity contribution is 7.11. The monoisotopic (exact) mass is 245 g/mol. The number of carboxylic acid groups (broad SMARTS) is 1. The van der Waals surface area contributed by atoms with Crippen LogP contribution in [0.15, 0.2) is 36.0 Å². The fourth-order valence-electron chi connectivity index (χ4n) is 1.63. The molecule has 0 fully saturated rings. The molecule has 5 nitrogen and oxygen atoms in total. The molecule has 0 bridgehead atoms. The third-order valence-electron chi connectivity index (χ3n) is 2.39. The first kappa shape index (κ1) is 9.98.